The Hall–Kier alpha value is -1.87. The van der Waals surface area contributed by atoms with Crippen LogP contribution >= 0.6 is 0 Å². The van der Waals surface area contributed by atoms with E-state index in [2.05, 4.69) is 9.62 Å². The largest absolute Gasteiger partial charge is 0.339 e. The van der Waals surface area contributed by atoms with Crippen LogP contribution in [0.2, 0.25) is 0 Å². The predicted molar refractivity (Wildman–Crippen MR) is 114 cm³/mol. The first-order chi connectivity index (χ1) is 13.8. The smallest absolute Gasteiger partial charge is 0.275 e. The Labute approximate surface area is 172 Å². The zero-order chi connectivity index (χ0) is 21.0. The Kier molecular flexibility index (Phi) is 7.00. The normalized spacial score (nSPS) is 19.3. The molecule has 2 heterocycles. The first-order valence-electron chi connectivity index (χ1n) is 10.5. The Morgan fingerprint density at radius 1 is 1.10 bits per heavy atom. The highest BCUT2D eigenvalue weighted by Crippen LogP contribution is 2.23. The number of carbonyl (C=O) groups is 1. The van der Waals surface area contributed by atoms with Gasteiger partial charge in [0.25, 0.3) is 5.56 Å². The molecule has 1 aliphatic carbocycles. The second-order valence-corrected chi connectivity index (χ2v) is 10.0. The third kappa shape index (κ3) is 5.39. The van der Waals surface area contributed by atoms with Crippen LogP contribution in [0.4, 0.5) is 5.69 Å². The molecule has 0 aromatic carbocycles. The molecule has 29 heavy (non-hydrogen) atoms. The summed E-state index contributed by atoms with van der Waals surface area (Å²) in [5.41, 5.74) is 0.118. The summed E-state index contributed by atoms with van der Waals surface area (Å²) in [6, 6.07) is 3.76. The highest BCUT2D eigenvalue weighted by atomic mass is 32.2. The number of hydrogen-bond donors (Lipinski definition) is 1. The lowest BCUT2D eigenvalue weighted by atomic mass is 9.94. The van der Waals surface area contributed by atoms with Crippen molar-refractivity contribution in [3.63, 3.8) is 0 Å². The first-order valence-corrected chi connectivity index (χ1v) is 12.2. The van der Waals surface area contributed by atoms with Crippen LogP contribution < -0.4 is 10.3 Å². The minimum Gasteiger partial charge on any atom is -0.339 e. The van der Waals surface area contributed by atoms with Gasteiger partial charge in [-0.25, -0.2) is 8.42 Å². The van der Waals surface area contributed by atoms with Crippen LogP contribution in [0.5, 0.6) is 0 Å². The molecule has 3 rings (SSSR count). The fourth-order valence-electron chi connectivity index (χ4n) is 4.20. The van der Waals surface area contributed by atoms with Crippen molar-refractivity contribution in [1.82, 2.24) is 14.4 Å². The molecule has 1 saturated heterocycles. The van der Waals surface area contributed by atoms with E-state index in [1.807, 2.05) is 4.90 Å². The lowest BCUT2D eigenvalue weighted by molar-refractivity contribution is -0.134. The van der Waals surface area contributed by atoms with Gasteiger partial charge in [0.15, 0.2) is 0 Å². The number of anilines is 1. The topological polar surface area (TPSA) is 91.7 Å². The Morgan fingerprint density at radius 3 is 2.38 bits per heavy atom. The molecule has 2 fully saturated rings. The molecule has 8 nitrogen and oxygen atoms in total. The van der Waals surface area contributed by atoms with Crippen LogP contribution in [0, 0.1) is 6.92 Å². The summed E-state index contributed by atoms with van der Waals surface area (Å²) in [7, 11) is -3.55. The third-order valence-electron chi connectivity index (χ3n) is 6.09. The molecule has 0 spiro atoms. The SMILES string of the molecule is CCS(=O)(=O)Nc1ccc(C)n(CC(=O)N2CCN(C3CCCCC3)CC2)c1=O. The van der Waals surface area contributed by atoms with Crippen molar-refractivity contribution in [2.45, 2.75) is 58.5 Å². The molecule has 0 atom stereocenters. The molecule has 9 heteroatoms. The van der Waals surface area contributed by atoms with Crippen LogP contribution in [0.15, 0.2) is 16.9 Å². The van der Waals surface area contributed by atoms with E-state index in [0.717, 1.165) is 13.1 Å². The maximum Gasteiger partial charge on any atom is 0.275 e. The number of aryl methyl sites for hydroxylation is 1. The number of piperazine rings is 1. The van der Waals surface area contributed by atoms with Gasteiger partial charge in [0.05, 0.1) is 5.75 Å². The third-order valence-corrected chi connectivity index (χ3v) is 7.38. The van der Waals surface area contributed by atoms with E-state index < -0.39 is 15.6 Å². The lowest BCUT2D eigenvalue weighted by Crippen LogP contribution is -2.53. The van der Waals surface area contributed by atoms with E-state index in [1.165, 1.54) is 49.7 Å². The molecule has 162 valence electrons. The maximum absolute atomic E-state index is 12.8. The Bertz CT molecular complexity index is 882. The van der Waals surface area contributed by atoms with E-state index >= 15 is 0 Å². The van der Waals surface area contributed by atoms with Crippen LogP contribution in [-0.2, 0) is 21.4 Å². The van der Waals surface area contributed by atoms with E-state index in [9.17, 15) is 18.0 Å². The maximum atomic E-state index is 12.8. The number of amides is 1. The van der Waals surface area contributed by atoms with Crippen molar-refractivity contribution in [2.75, 3.05) is 36.7 Å². The molecule has 1 aromatic rings. The molecule has 2 aliphatic rings. The number of hydrogen-bond acceptors (Lipinski definition) is 5. The fraction of sp³-hybridized carbons (Fsp3) is 0.700. The summed E-state index contributed by atoms with van der Waals surface area (Å²) in [5.74, 6) is -0.223. The van der Waals surface area contributed by atoms with Gasteiger partial charge in [-0.3, -0.25) is 19.2 Å². The van der Waals surface area contributed by atoms with E-state index in [0.29, 0.717) is 24.8 Å². The van der Waals surface area contributed by atoms with Gasteiger partial charge < -0.3 is 9.47 Å². The number of pyridine rings is 1. The molecular formula is C20H32N4O4S. The van der Waals surface area contributed by atoms with Gasteiger partial charge in [0, 0.05) is 37.9 Å². The highest BCUT2D eigenvalue weighted by Gasteiger charge is 2.27. The van der Waals surface area contributed by atoms with Crippen molar-refractivity contribution >= 4 is 21.6 Å². The molecular weight excluding hydrogens is 392 g/mol. The number of rotatable bonds is 6. The van der Waals surface area contributed by atoms with Crippen LogP contribution in [0.25, 0.3) is 0 Å². The lowest BCUT2D eigenvalue weighted by Gasteiger charge is -2.40. The minimum absolute atomic E-state index is 0.0210. The van der Waals surface area contributed by atoms with Gasteiger partial charge in [0.1, 0.15) is 12.2 Å². The van der Waals surface area contributed by atoms with Crippen molar-refractivity contribution in [2.24, 2.45) is 0 Å². The number of nitrogens with one attached hydrogen (secondary N) is 1. The fourth-order valence-corrected chi connectivity index (χ4v) is 4.84. The number of carbonyl (C=O) groups excluding carboxylic acids is 1. The van der Waals surface area contributed by atoms with Gasteiger partial charge in [-0.15, -0.1) is 0 Å². The average molecular weight is 425 g/mol. The van der Waals surface area contributed by atoms with Crippen LogP contribution in [0.1, 0.15) is 44.7 Å². The number of nitrogens with zero attached hydrogens (tertiary/aromatic N) is 3. The molecule has 1 N–H and O–H groups in total. The van der Waals surface area contributed by atoms with Gasteiger partial charge in [-0.05, 0) is 38.8 Å². The standard InChI is InChI=1S/C20H32N4O4S/c1-3-29(27,28)21-18-10-9-16(2)24(20(18)26)15-19(25)23-13-11-22(12-14-23)17-7-5-4-6-8-17/h9-10,17,21H,3-8,11-15H2,1-2H3. The minimum atomic E-state index is -3.55. The molecule has 0 radical (unpaired) electrons. The van der Waals surface area contributed by atoms with Crippen molar-refractivity contribution in [3.8, 4) is 0 Å². The van der Waals surface area contributed by atoms with E-state index in [-0.39, 0.29) is 23.9 Å². The Morgan fingerprint density at radius 2 is 1.76 bits per heavy atom. The van der Waals surface area contributed by atoms with Crippen LogP contribution in [0.3, 0.4) is 0 Å². The Balaban J connectivity index is 1.64. The molecule has 1 saturated carbocycles. The van der Waals surface area contributed by atoms with Crippen LogP contribution in [-0.4, -0.2) is 66.7 Å². The average Bonchev–Trinajstić information content (AvgIpc) is 2.74. The second-order valence-electron chi connectivity index (χ2n) is 7.99. The van der Waals surface area contributed by atoms with Gasteiger partial charge >= 0.3 is 0 Å². The molecule has 0 unspecified atom stereocenters. The first kappa shape index (κ1) is 21.8. The molecule has 1 amide bonds. The van der Waals surface area contributed by atoms with E-state index in [4.69, 9.17) is 0 Å². The molecule has 0 bridgehead atoms. The van der Waals surface area contributed by atoms with Gasteiger partial charge in [0.2, 0.25) is 15.9 Å². The summed E-state index contributed by atoms with van der Waals surface area (Å²) in [4.78, 5) is 29.8. The van der Waals surface area contributed by atoms with Gasteiger partial charge in [-0.1, -0.05) is 19.3 Å². The van der Waals surface area contributed by atoms with Crippen molar-refractivity contribution in [1.29, 1.82) is 0 Å². The van der Waals surface area contributed by atoms with E-state index in [1.54, 1.807) is 13.0 Å². The molecule has 1 aliphatic heterocycles. The molecule has 1 aromatic heterocycles. The zero-order valence-corrected chi connectivity index (χ0v) is 18.2. The predicted octanol–water partition coefficient (Wildman–Crippen LogP) is 1.40. The van der Waals surface area contributed by atoms with Crippen molar-refractivity contribution in [3.05, 3.63) is 28.2 Å². The zero-order valence-electron chi connectivity index (χ0n) is 17.4. The number of sulfonamides is 1. The summed E-state index contributed by atoms with van der Waals surface area (Å²) < 4.78 is 27.3. The monoisotopic (exact) mass is 424 g/mol. The van der Waals surface area contributed by atoms with Gasteiger partial charge in [-0.2, -0.15) is 0 Å². The number of aromatic nitrogens is 1. The van der Waals surface area contributed by atoms with Crippen molar-refractivity contribution < 1.29 is 13.2 Å². The quantitative estimate of drug-likeness (QED) is 0.745. The second kappa shape index (κ2) is 9.30. The summed E-state index contributed by atoms with van der Waals surface area (Å²) in [6.45, 7) is 6.27. The summed E-state index contributed by atoms with van der Waals surface area (Å²) in [6.07, 6.45) is 6.43. The summed E-state index contributed by atoms with van der Waals surface area (Å²) >= 11 is 0. The summed E-state index contributed by atoms with van der Waals surface area (Å²) in [5, 5.41) is 0. The highest BCUT2D eigenvalue weighted by molar-refractivity contribution is 7.92.